The number of hydrogen-bond acceptors (Lipinski definition) is 2. The van der Waals surface area contributed by atoms with E-state index in [1.807, 2.05) is 24.3 Å². The van der Waals surface area contributed by atoms with Crippen LogP contribution >= 0.6 is 27.5 Å². The first-order valence-corrected chi connectivity index (χ1v) is 7.18. The third-order valence-electron chi connectivity index (χ3n) is 2.86. The SMILES string of the molecule is CN(Cc1cccc(Br)c1)Cc1ccc(N)cc1Cl. The van der Waals surface area contributed by atoms with Crippen LogP contribution in [0.2, 0.25) is 5.02 Å². The molecule has 2 rings (SSSR count). The first kappa shape index (κ1) is 14.4. The summed E-state index contributed by atoms with van der Waals surface area (Å²) >= 11 is 9.67. The topological polar surface area (TPSA) is 29.3 Å². The number of rotatable bonds is 4. The molecule has 0 heterocycles. The van der Waals surface area contributed by atoms with Crippen LogP contribution in [0.4, 0.5) is 5.69 Å². The van der Waals surface area contributed by atoms with Crippen LogP contribution in [-0.2, 0) is 13.1 Å². The van der Waals surface area contributed by atoms with Crippen molar-refractivity contribution < 1.29 is 0 Å². The predicted molar refractivity (Wildman–Crippen MR) is 85.2 cm³/mol. The Labute approximate surface area is 127 Å². The maximum Gasteiger partial charge on any atom is 0.0471 e. The Bertz CT molecular complexity index is 572. The lowest BCUT2D eigenvalue weighted by atomic mass is 10.1. The molecule has 0 radical (unpaired) electrons. The van der Waals surface area contributed by atoms with Gasteiger partial charge >= 0.3 is 0 Å². The highest BCUT2D eigenvalue weighted by atomic mass is 79.9. The van der Waals surface area contributed by atoms with Gasteiger partial charge in [0.05, 0.1) is 0 Å². The molecule has 0 aliphatic heterocycles. The molecule has 2 nitrogen and oxygen atoms in total. The van der Waals surface area contributed by atoms with Gasteiger partial charge in [-0.25, -0.2) is 0 Å². The van der Waals surface area contributed by atoms with Gasteiger partial charge in [-0.3, -0.25) is 4.90 Å². The molecule has 0 aliphatic carbocycles. The van der Waals surface area contributed by atoms with Gasteiger partial charge in [0.1, 0.15) is 0 Å². The number of halogens is 2. The molecule has 100 valence electrons. The van der Waals surface area contributed by atoms with Crippen LogP contribution in [0.15, 0.2) is 46.9 Å². The smallest absolute Gasteiger partial charge is 0.0471 e. The maximum absolute atomic E-state index is 6.19. The van der Waals surface area contributed by atoms with E-state index in [2.05, 4.69) is 40.0 Å². The van der Waals surface area contributed by atoms with Gasteiger partial charge in [-0.05, 0) is 42.4 Å². The summed E-state index contributed by atoms with van der Waals surface area (Å²) < 4.78 is 1.10. The van der Waals surface area contributed by atoms with Gasteiger partial charge < -0.3 is 5.73 Å². The minimum Gasteiger partial charge on any atom is -0.399 e. The molecular formula is C15H16BrClN2. The average molecular weight is 340 g/mol. The Kier molecular flexibility index (Phi) is 4.86. The lowest BCUT2D eigenvalue weighted by Gasteiger charge is -2.18. The average Bonchev–Trinajstić information content (AvgIpc) is 2.33. The van der Waals surface area contributed by atoms with Crippen molar-refractivity contribution in [2.24, 2.45) is 0 Å². The van der Waals surface area contributed by atoms with Crippen molar-refractivity contribution in [2.45, 2.75) is 13.1 Å². The quantitative estimate of drug-likeness (QED) is 0.841. The molecule has 0 saturated heterocycles. The summed E-state index contributed by atoms with van der Waals surface area (Å²) in [4.78, 5) is 2.22. The van der Waals surface area contributed by atoms with Gasteiger partial charge in [0.15, 0.2) is 0 Å². The molecule has 4 heteroatoms. The molecule has 2 N–H and O–H groups in total. The number of nitrogens with zero attached hydrogens (tertiary/aromatic N) is 1. The number of nitrogens with two attached hydrogens (primary N) is 1. The van der Waals surface area contributed by atoms with E-state index in [-0.39, 0.29) is 0 Å². The highest BCUT2D eigenvalue weighted by molar-refractivity contribution is 9.10. The molecule has 0 fully saturated rings. The molecule has 0 bridgehead atoms. The van der Waals surface area contributed by atoms with Crippen LogP contribution in [-0.4, -0.2) is 11.9 Å². The fraction of sp³-hybridized carbons (Fsp3) is 0.200. The minimum atomic E-state index is 0.698. The zero-order valence-corrected chi connectivity index (χ0v) is 13.1. The fourth-order valence-electron chi connectivity index (χ4n) is 1.99. The Morgan fingerprint density at radius 3 is 2.63 bits per heavy atom. The molecule has 2 aromatic rings. The minimum absolute atomic E-state index is 0.698. The van der Waals surface area contributed by atoms with Crippen molar-refractivity contribution in [2.75, 3.05) is 12.8 Å². The van der Waals surface area contributed by atoms with Crippen LogP contribution in [0.3, 0.4) is 0 Å². The Balaban J connectivity index is 2.03. The monoisotopic (exact) mass is 338 g/mol. The highest BCUT2D eigenvalue weighted by Gasteiger charge is 2.06. The predicted octanol–water partition coefficient (Wildman–Crippen LogP) is 4.32. The molecule has 0 amide bonds. The van der Waals surface area contributed by atoms with E-state index in [0.29, 0.717) is 5.69 Å². The molecule has 0 atom stereocenters. The molecule has 0 spiro atoms. The van der Waals surface area contributed by atoms with Crippen molar-refractivity contribution >= 4 is 33.2 Å². The van der Waals surface area contributed by atoms with E-state index in [1.54, 1.807) is 6.07 Å². The number of nitrogen functional groups attached to an aromatic ring is 1. The maximum atomic E-state index is 6.19. The second kappa shape index (κ2) is 6.42. The molecular weight excluding hydrogens is 324 g/mol. The molecule has 0 saturated carbocycles. The van der Waals surface area contributed by atoms with Gasteiger partial charge in [-0.15, -0.1) is 0 Å². The number of anilines is 1. The van der Waals surface area contributed by atoms with Crippen LogP contribution in [0.5, 0.6) is 0 Å². The number of hydrogen-bond donors (Lipinski definition) is 1. The van der Waals surface area contributed by atoms with E-state index in [1.165, 1.54) is 5.56 Å². The van der Waals surface area contributed by atoms with Crippen LogP contribution in [0.25, 0.3) is 0 Å². The zero-order chi connectivity index (χ0) is 13.8. The molecule has 0 aromatic heterocycles. The fourth-order valence-corrected chi connectivity index (χ4v) is 2.68. The summed E-state index contributed by atoms with van der Waals surface area (Å²) in [6.45, 7) is 1.67. The van der Waals surface area contributed by atoms with Gasteiger partial charge in [0, 0.05) is 28.3 Å². The van der Waals surface area contributed by atoms with E-state index >= 15 is 0 Å². The lowest BCUT2D eigenvalue weighted by Crippen LogP contribution is -2.17. The van der Waals surface area contributed by atoms with Crippen molar-refractivity contribution in [1.82, 2.24) is 4.90 Å². The first-order valence-electron chi connectivity index (χ1n) is 6.01. The van der Waals surface area contributed by atoms with E-state index in [4.69, 9.17) is 17.3 Å². The highest BCUT2D eigenvalue weighted by Crippen LogP contribution is 2.21. The lowest BCUT2D eigenvalue weighted by molar-refractivity contribution is 0.319. The first-order chi connectivity index (χ1) is 9.04. The normalized spacial score (nSPS) is 10.9. The van der Waals surface area contributed by atoms with Crippen LogP contribution < -0.4 is 5.73 Å². The van der Waals surface area contributed by atoms with Crippen molar-refractivity contribution in [3.8, 4) is 0 Å². The van der Waals surface area contributed by atoms with Crippen LogP contribution in [0, 0.1) is 0 Å². The van der Waals surface area contributed by atoms with Gasteiger partial charge in [0.2, 0.25) is 0 Å². The van der Waals surface area contributed by atoms with E-state index in [9.17, 15) is 0 Å². The molecule has 0 aliphatic rings. The third-order valence-corrected chi connectivity index (χ3v) is 3.70. The Hall–Kier alpha value is -1.03. The third kappa shape index (κ3) is 4.23. The molecule has 2 aromatic carbocycles. The summed E-state index contributed by atoms with van der Waals surface area (Å²) in [5.74, 6) is 0. The second-order valence-electron chi connectivity index (χ2n) is 4.65. The van der Waals surface area contributed by atoms with Gasteiger partial charge in [-0.1, -0.05) is 45.7 Å². The van der Waals surface area contributed by atoms with Crippen molar-refractivity contribution in [1.29, 1.82) is 0 Å². The summed E-state index contributed by atoms with van der Waals surface area (Å²) in [5, 5.41) is 0.723. The standard InChI is InChI=1S/C15H16BrClN2/c1-19(9-11-3-2-4-13(16)7-11)10-12-5-6-14(18)8-15(12)17/h2-8H,9-10,18H2,1H3. The van der Waals surface area contributed by atoms with Crippen LogP contribution in [0.1, 0.15) is 11.1 Å². The zero-order valence-electron chi connectivity index (χ0n) is 10.7. The van der Waals surface area contributed by atoms with Gasteiger partial charge in [0.25, 0.3) is 0 Å². The van der Waals surface area contributed by atoms with E-state index < -0.39 is 0 Å². The summed E-state index contributed by atoms with van der Waals surface area (Å²) in [5.41, 5.74) is 8.75. The summed E-state index contributed by atoms with van der Waals surface area (Å²) in [7, 11) is 2.08. The molecule has 0 unspecified atom stereocenters. The summed E-state index contributed by atoms with van der Waals surface area (Å²) in [6, 6.07) is 14.0. The molecule has 19 heavy (non-hydrogen) atoms. The second-order valence-corrected chi connectivity index (χ2v) is 5.98. The van der Waals surface area contributed by atoms with Crippen molar-refractivity contribution in [3.63, 3.8) is 0 Å². The van der Waals surface area contributed by atoms with E-state index in [0.717, 1.165) is 28.1 Å². The Morgan fingerprint density at radius 2 is 1.95 bits per heavy atom. The van der Waals surface area contributed by atoms with Crippen molar-refractivity contribution in [3.05, 3.63) is 63.1 Å². The number of benzene rings is 2. The largest absolute Gasteiger partial charge is 0.399 e. The van der Waals surface area contributed by atoms with Gasteiger partial charge in [-0.2, -0.15) is 0 Å². The Morgan fingerprint density at radius 1 is 1.16 bits per heavy atom. The summed E-state index contributed by atoms with van der Waals surface area (Å²) in [6.07, 6.45) is 0.